The first-order valence-corrected chi connectivity index (χ1v) is 10.3. The molecule has 0 aliphatic carbocycles. The standard InChI is InChI=1S/C22H33N3O3/c1-15(2)20(24-8-10-28-11-9-24)13-23-22(27)18-12-21(26)25(14-18)19-7-5-6-16(3)17(19)4/h5-7,15,18,20H,8-14H2,1-4H3,(H,23,27). The fraction of sp³-hybridized carbons (Fsp3) is 0.636. The van der Waals surface area contributed by atoms with Crippen LogP contribution in [-0.4, -0.2) is 62.1 Å². The largest absolute Gasteiger partial charge is 0.379 e. The quantitative estimate of drug-likeness (QED) is 0.812. The van der Waals surface area contributed by atoms with E-state index in [0.29, 0.717) is 25.0 Å². The summed E-state index contributed by atoms with van der Waals surface area (Å²) in [5.41, 5.74) is 3.18. The van der Waals surface area contributed by atoms with E-state index in [1.165, 1.54) is 0 Å². The number of anilines is 1. The van der Waals surface area contributed by atoms with E-state index in [1.807, 2.05) is 32.0 Å². The van der Waals surface area contributed by atoms with Gasteiger partial charge in [0.25, 0.3) is 0 Å². The Hall–Kier alpha value is -1.92. The van der Waals surface area contributed by atoms with E-state index in [-0.39, 0.29) is 24.2 Å². The molecule has 2 aliphatic rings. The zero-order valence-electron chi connectivity index (χ0n) is 17.5. The molecule has 0 bridgehead atoms. The molecule has 2 amide bonds. The molecule has 1 aromatic rings. The Labute approximate surface area is 168 Å². The molecule has 0 spiro atoms. The van der Waals surface area contributed by atoms with E-state index >= 15 is 0 Å². The van der Waals surface area contributed by atoms with Crippen LogP contribution in [-0.2, 0) is 14.3 Å². The molecule has 2 heterocycles. The number of carbonyl (C=O) groups excluding carboxylic acids is 2. The number of carbonyl (C=O) groups is 2. The Kier molecular flexibility index (Phi) is 6.73. The van der Waals surface area contributed by atoms with E-state index in [9.17, 15) is 9.59 Å². The lowest BCUT2D eigenvalue weighted by Gasteiger charge is -2.37. The first-order chi connectivity index (χ1) is 13.4. The van der Waals surface area contributed by atoms with Crippen molar-refractivity contribution in [2.24, 2.45) is 11.8 Å². The molecular formula is C22H33N3O3. The Morgan fingerprint density at radius 2 is 1.96 bits per heavy atom. The third kappa shape index (κ3) is 4.55. The lowest BCUT2D eigenvalue weighted by atomic mass is 10.0. The minimum atomic E-state index is -0.287. The highest BCUT2D eigenvalue weighted by Gasteiger charge is 2.36. The number of morpholine rings is 1. The highest BCUT2D eigenvalue weighted by Crippen LogP contribution is 2.29. The maximum Gasteiger partial charge on any atom is 0.227 e. The highest BCUT2D eigenvalue weighted by molar-refractivity contribution is 6.00. The molecule has 2 unspecified atom stereocenters. The van der Waals surface area contributed by atoms with Crippen molar-refractivity contribution in [2.75, 3.05) is 44.3 Å². The van der Waals surface area contributed by atoms with Crippen molar-refractivity contribution in [3.8, 4) is 0 Å². The van der Waals surface area contributed by atoms with Gasteiger partial charge in [-0.25, -0.2) is 0 Å². The molecule has 2 saturated heterocycles. The summed E-state index contributed by atoms with van der Waals surface area (Å²) in [5, 5.41) is 3.12. The Morgan fingerprint density at radius 1 is 1.25 bits per heavy atom. The first-order valence-electron chi connectivity index (χ1n) is 10.3. The van der Waals surface area contributed by atoms with Crippen LogP contribution < -0.4 is 10.2 Å². The third-order valence-electron chi connectivity index (χ3n) is 6.13. The van der Waals surface area contributed by atoms with Crippen LogP contribution in [0.25, 0.3) is 0 Å². The molecule has 2 aliphatic heterocycles. The molecule has 1 aromatic carbocycles. The number of aryl methyl sites for hydroxylation is 1. The SMILES string of the molecule is Cc1cccc(N2CC(C(=O)NCC(C(C)C)N3CCOCC3)CC2=O)c1C. The number of benzene rings is 1. The predicted octanol–water partition coefficient (Wildman–Crippen LogP) is 2.13. The van der Waals surface area contributed by atoms with Gasteiger partial charge in [-0.3, -0.25) is 14.5 Å². The first kappa shape index (κ1) is 20.8. The summed E-state index contributed by atoms with van der Waals surface area (Å²) in [6.45, 7) is 12.8. The van der Waals surface area contributed by atoms with Crippen LogP contribution in [0.4, 0.5) is 5.69 Å². The molecule has 3 rings (SSSR count). The number of hydrogen-bond donors (Lipinski definition) is 1. The van der Waals surface area contributed by atoms with Crippen LogP contribution in [0.5, 0.6) is 0 Å². The summed E-state index contributed by atoms with van der Waals surface area (Å²) < 4.78 is 5.45. The smallest absolute Gasteiger partial charge is 0.227 e. The second kappa shape index (κ2) is 9.05. The van der Waals surface area contributed by atoms with E-state index in [4.69, 9.17) is 4.74 Å². The van der Waals surface area contributed by atoms with Crippen molar-refractivity contribution < 1.29 is 14.3 Å². The maximum absolute atomic E-state index is 12.8. The van der Waals surface area contributed by atoms with Crippen molar-refractivity contribution in [1.82, 2.24) is 10.2 Å². The van der Waals surface area contributed by atoms with Crippen LogP contribution in [0.1, 0.15) is 31.4 Å². The van der Waals surface area contributed by atoms with Gasteiger partial charge in [0.15, 0.2) is 0 Å². The Morgan fingerprint density at radius 3 is 2.64 bits per heavy atom. The Bertz CT molecular complexity index is 713. The zero-order chi connectivity index (χ0) is 20.3. The second-order valence-corrected chi connectivity index (χ2v) is 8.33. The van der Waals surface area contributed by atoms with Crippen LogP contribution in [0.15, 0.2) is 18.2 Å². The molecule has 1 N–H and O–H groups in total. The molecular weight excluding hydrogens is 354 g/mol. The summed E-state index contributed by atoms with van der Waals surface area (Å²) in [7, 11) is 0. The lowest BCUT2D eigenvalue weighted by Crippen LogP contribution is -2.51. The molecule has 0 aromatic heterocycles. The van der Waals surface area contributed by atoms with Gasteiger partial charge in [0.05, 0.1) is 19.1 Å². The molecule has 0 saturated carbocycles. The van der Waals surface area contributed by atoms with Gasteiger partial charge < -0.3 is 15.0 Å². The third-order valence-corrected chi connectivity index (χ3v) is 6.13. The van der Waals surface area contributed by atoms with Gasteiger partial charge in [0.1, 0.15) is 0 Å². The molecule has 0 radical (unpaired) electrons. The number of amides is 2. The minimum Gasteiger partial charge on any atom is -0.379 e. The number of nitrogens with zero attached hydrogens (tertiary/aromatic N) is 2. The van der Waals surface area contributed by atoms with Crippen molar-refractivity contribution in [3.05, 3.63) is 29.3 Å². The van der Waals surface area contributed by atoms with Gasteiger partial charge in [-0.1, -0.05) is 26.0 Å². The van der Waals surface area contributed by atoms with Gasteiger partial charge >= 0.3 is 0 Å². The summed E-state index contributed by atoms with van der Waals surface area (Å²) in [6.07, 6.45) is 0.281. The van der Waals surface area contributed by atoms with Crippen molar-refractivity contribution in [1.29, 1.82) is 0 Å². The van der Waals surface area contributed by atoms with Crippen LogP contribution in [0, 0.1) is 25.7 Å². The second-order valence-electron chi connectivity index (χ2n) is 8.33. The Balaban J connectivity index is 1.60. The summed E-state index contributed by atoms with van der Waals surface area (Å²) >= 11 is 0. The topological polar surface area (TPSA) is 61.9 Å². The van der Waals surface area contributed by atoms with Crippen molar-refractivity contribution in [2.45, 2.75) is 40.2 Å². The summed E-state index contributed by atoms with van der Waals surface area (Å²) in [5.74, 6) is 0.169. The van der Waals surface area contributed by atoms with Crippen molar-refractivity contribution in [3.63, 3.8) is 0 Å². The van der Waals surface area contributed by atoms with E-state index in [0.717, 1.165) is 43.1 Å². The average Bonchev–Trinajstić information content (AvgIpc) is 3.06. The van der Waals surface area contributed by atoms with Gasteiger partial charge in [0.2, 0.25) is 11.8 Å². The van der Waals surface area contributed by atoms with E-state index in [1.54, 1.807) is 4.90 Å². The van der Waals surface area contributed by atoms with Crippen LogP contribution in [0.2, 0.25) is 0 Å². The highest BCUT2D eigenvalue weighted by atomic mass is 16.5. The molecule has 2 fully saturated rings. The fourth-order valence-corrected chi connectivity index (χ4v) is 4.19. The van der Waals surface area contributed by atoms with Gasteiger partial charge in [-0.2, -0.15) is 0 Å². The minimum absolute atomic E-state index is 0.0138. The normalized spacial score (nSPS) is 22.0. The predicted molar refractivity (Wildman–Crippen MR) is 110 cm³/mol. The van der Waals surface area contributed by atoms with Crippen LogP contribution >= 0.6 is 0 Å². The molecule has 6 nitrogen and oxygen atoms in total. The fourth-order valence-electron chi connectivity index (χ4n) is 4.19. The number of nitrogens with one attached hydrogen (secondary N) is 1. The molecule has 2 atom stereocenters. The molecule has 6 heteroatoms. The average molecular weight is 388 g/mol. The summed E-state index contributed by atoms with van der Waals surface area (Å²) in [6, 6.07) is 6.27. The maximum atomic E-state index is 12.8. The molecule has 28 heavy (non-hydrogen) atoms. The number of rotatable bonds is 6. The number of ether oxygens (including phenoxy) is 1. The van der Waals surface area contributed by atoms with Gasteiger partial charge in [-0.05, 0) is 37.0 Å². The monoisotopic (exact) mass is 387 g/mol. The van der Waals surface area contributed by atoms with E-state index in [2.05, 4.69) is 24.1 Å². The van der Waals surface area contributed by atoms with Crippen molar-refractivity contribution >= 4 is 17.5 Å². The number of hydrogen-bond acceptors (Lipinski definition) is 4. The lowest BCUT2D eigenvalue weighted by molar-refractivity contribution is -0.126. The summed E-state index contributed by atoms with van der Waals surface area (Å²) in [4.78, 5) is 29.5. The molecule has 154 valence electrons. The van der Waals surface area contributed by atoms with E-state index < -0.39 is 0 Å². The zero-order valence-corrected chi connectivity index (χ0v) is 17.5. The van der Waals surface area contributed by atoms with Crippen LogP contribution in [0.3, 0.4) is 0 Å². The van der Waals surface area contributed by atoms with Gasteiger partial charge in [0, 0.05) is 44.3 Å². The van der Waals surface area contributed by atoms with Gasteiger partial charge in [-0.15, -0.1) is 0 Å².